The standard InChI is InChI=1S/C31H33N3O7S/c1-31(2,3)20-17-25(28(39-4)26(18-20)34-42(6,37)38)33-30(36)32-24-14-15-27(23-13-8-7-12-22(23)24)41-21-11-9-10-19(16-21)29(35)40-5/h7-18,34H,1-6H3,(H2,32,33,36). The Morgan fingerprint density at radius 2 is 1.45 bits per heavy atom. The average molecular weight is 592 g/mol. The molecule has 4 aromatic carbocycles. The van der Waals surface area contributed by atoms with E-state index in [2.05, 4.69) is 15.4 Å². The van der Waals surface area contributed by atoms with Crippen molar-refractivity contribution in [2.45, 2.75) is 26.2 Å². The molecule has 0 aliphatic carbocycles. The largest absolute Gasteiger partial charge is 0.492 e. The molecule has 0 saturated carbocycles. The average Bonchev–Trinajstić information content (AvgIpc) is 2.92. The van der Waals surface area contributed by atoms with Gasteiger partial charge in [-0.15, -0.1) is 0 Å². The van der Waals surface area contributed by atoms with Crippen molar-refractivity contribution in [3.63, 3.8) is 0 Å². The van der Waals surface area contributed by atoms with Gasteiger partial charge in [0.25, 0.3) is 0 Å². The van der Waals surface area contributed by atoms with Crippen LogP contribution in [0.5, 0.6) is 17.2 Å². The molecule has 220 valence electrons. The summed E-state index contributed by atoms with van der Waals surface area (Å²) >= 11 is 0. The highest BCUT2D eigenvalue weighted by Crippen LogP contribution is 2.40. The number of urea groups is 1. The van der Waals surface area contributed by atoms with Crippen LogP contribution in [0.1, 0.15) is 36.7 Å². The van der Waals surface area contributed by atoms with Gasteiger partial charge in [-0.25, -0.2) is 18.0 Å². The monoisotopic (exact) mass is 591 g/mol. The van der Waals surface area contributed by atoms with Gasteiger partial charge < -0.3 is 24.8 Å². The molecule has 0 aliphatic heterocycles. The Morgan fingerprint density at radius 3 is 2.10 bits per heavy atom. The molecule has 42 heavy (non-hydrogen) atoms. The molecule has 0 saturated heterocycles. The number of methoxy groups -OCH3 is 2. The zero-order valence-corrected chi connectivity index (χ0v) is 25.0. The van der Waals surface area contributed by atoms with Crippen molar-refractivity contribution in [3.05, 3.63) is 83.9 Å². The zero-order chi connectivity index (χ0) is 30.7. The van der Waals surface area contributed by atoms with Crippen LogP contribution in [0.2, 0.25) is 0 Å². The smallest absolute Gasteiger partial charge is 0.337 e. The van der Waals surface area contributed by atoms with E-state index >= 15 is 0 Å². The SMILES string of the molecule is COC(=O)c1cccc(Oc2ccc(NC(=O)Nc3cc(C(C)(C)C)cc(NS(C)(=O)=O)c3OC)c3ccccc23)c1. The van der Waals surface area contributed by atoms with Gasteiger partial charge in [-0.05, 0) is 53.4 Å². The van der Waals surface area contributed by atoms with E-state index < -0.39 is 22.0 Å². The predicted molar refractivity (Wildman–Crippen MR) is 165 cm³/mol. The first-order valence-electron chi connectivity index (χ1n) is 13.0. The molecule has 0 aromatic heterocycles. The number of rotatable bonds is 8. The van der Waals surface area contributed by atoms with Crippen LogP contribution in [0, 0.1) is 0 Å². The quantitative estimate of drug-likeness (QED) is 0.193. The molecule has 0 radical (unpaired) electrons. The maximum atomic E-state index is 13.3. The minimum absolute atomic E-state index is 0.173. The number of hydrogen-bond donors (Lipinski definition) is 3. The van der Waals surface area contributed by atoms with Gasteiger partial charge in [0.05, 0.1) is 43.1 Å². The van der Waals surface area contributed by atoms with E-state index in [-0.39, 0.29) is 16.9 Å². The maximum absolute atomic E-state index is 13.3. The Labute approximate surface area is 245 Å². The van der Waals surface area contributed by atoms with Gasteiger partial charge in [0.1, 0.15) is 11.5 Å². The molecule has 0 spiro atoms. The summed E-state index contributed by atoms with van der Waals surface area (Å²) in [6.45, 7) is 5.93. The molecular formula is C31H33N3O7S. The molecule has 4 aromatic rings. The van der Waals surface area contributed by atoms with Crippen LogP contribution in [0.25, 0.3) is 10.8 Å². The Bertz CT molecular complexity index is 1760. The first-order chi connectivity index (χ1) is 19.8. The van der Waals surface area contributed by atoms with E-state index in [1.165, 1.54) is 14.2 Å². The normalized spacial score (nSPS) is 11.5. The van der Waals surface area contributed by atoms with E-state index in [1.54, 1.807) is 48.5 Å². The molecule has 3 N–H and O–H groups in total. The van der Waals surface area contributed by atoms with Crippen molar-refractivity contribution in [2.24, 2.45) is 0 Å². The number of ether oxygens (including phenoxy) is 3. The van der Waals surface area contributed by atoms with Crippen molar-refractivity contribution in [1.82, 2.24) is 0 Å². The minimum atomic E-state index is -3.62. The molecule has 11 heteroatoms. The fraction of sp³-hybridized carbons (Fsp3) is 0.226. The number of nitrogens with one attached hydrogen (secondary N) is 3. The number of anilines is 3. The Hall–Kier alpha value is -4.77. The topological polar surface area (TPSA) is 132 Å². The van der Waals surface area contributed by atoms with E-state index in [4.69, 9.17) is 14.2 Å². The summed E-state index contributed by atoms with van der Waals surface area (Å²) in [7, 11) is -0.906. The highest BCUT2D eigenvalue weighted by molar-refractivity contribution is 7.92. The first-order valence-corrected chi connectivity index (χ1v) is 14.8. The molecule has 0 unspecified atom stereocenters. The fourth-order valence-electron chi connectivity index (χ4n) is 4.33. The van der Waals surface area contributed by atoms with Gasteiger partial charge in [-0.3, -0.25) is 4.72 Å². The molecule has 0 bridgehead atoms. The molecule has 0 heterocycles. The van der Waals surface area contributed by atoms with Crippen LogP contribution in [-0.2, 0) is 20.2 Å². The summed E-state index contributed by atoms with van der Waals surface area (Å²) in [5.74, 6) is 0.673. The van der Waals surface area contributed by atoms with Crippen LogP contribution in [0.3, 0.4) is 0 Å². The number of benzene rings is 4. The first kappa shape index (κ1) is 30.2. The summed E-state index contributed by atoms with van der Waals surface area (Å²) in [4.78, 5) is 25.2. The highest BCUT2D eigenvalue weighted by atomic mass is 32.2. The number of fused-ring (bicyclic) bond motifs is 1. The number of carbonyl (C=O) groups excluding carboxylic acids is 2. The summed E-state index contributed by atoms with van der Waals surface area (Å²) < 4.78 is 42.9. The van der Waals surface area contributed by atoms with Crippen molar-refractivity contribution in [2.75, 3.05) is 35.8 Å². The van der Waals surface area contributed by atoms with Crippen LogP contribution < -0.4 is 24.8 Å². The molecule has 0 aliphatic rings. The van der Waals surface area contributed by atoms with Crippen LogP contribution in [0.4, 0.5) is 21.9 Å². The van der Waals surface area contributed by atoms with E-state index in [1.807, 2.05) is 45.0 Å². The third kappa shape index (κ3) is 7.10. The van der Waals surface area contributed by atoms with E-state index in [0.29, 0.717) is 33.8 Å². The molecule has 2 amide bonds. The lowest BCUT2D eigenvalue weighted by Crippen LogP contribution is -2.22. The van der Waals surface area contributed by atoms with Crippen molar-refractivity contribution in [1.29, 1.82) is 0 Å². The molecule has 0 atom stereocenters. The third-order valence-corrected chi connectivity index (χ3v) is 6.91. The number of carbonyl (C=O) groups is 2. The van der Waals surface area contributed by atoms with E-state index in [9.17, 15) is 18.0 Å². The Balaban J connectivity index is 1.65. The highest BCUT2D eigenvalue weighted by Gasteiger charge is 2.22. The summed E-state index contributed by atoms with van der Waals surface area (Å²) in [6.07, 6.45) is 1.05. The molecule has 10 nitrogen and oxygen atoms in total. The Morgan fingerprint density at radius 1 is 0.786 bits per heavy atom. The van der Waals surface area contributed by atoms with Crippen LogP contribution >= 0.6 is 0 Å². The van der Waals surface area contributed by atoms with Crippen molar-refractivity contribution >= 4 is 49.9 Å². The summed E-state index contributed by atoms with van der Waals surface area (Å²) in [6, 6.07) is 20.4. The predicted octanol–water partition coefficient (Wildman–Crippen LogP) is 6.74. The number of hydrogen-bond acceptors (Lipinski definition) is 7. The fourth-order valence-corrected chi connectivity index (χ4v) is 4.88. The molecular weight excluding hydrogens is 558 g/mol. The number of esters is 1. The third-order valence-electron chi connectivity index (χ3n) is 6.32. The van der Waals surface area contributed by atoms with E-state index in [0.717, 1.165) is 17.2 Å². The lowest BCUT2D eigenvalue weighted by molar-refractivity contribution is 0.0600. The van der Waals surface area contributed by atoms with Crippen LogP contribution in [-0.4, -0.2) is 40.9 Å². The summed E-state index contributed by atoms with van der Waals surface area (Å²) in [5, 5.41) is 7.12. The Kier molecular flexibility index (Phi) is 8.62. The van der Waals surface area contributed by atoms with Gasteiger partial charge in [0.2, 0.25) is 10.0 Å². The van der Waals surface area contributed by atoms with Crippen molar-refractivity contribution in [3.8, 4) is 17.2 Å². The van der Waals surface area contributed by atoms with Crippen LogP contribution in [0.15, 0.2) is 72.8 Å². The lowest BCUT2D eigenvalue weighted by atomic mass is 9.86. The second kappa shape index (κ2) is 12.0. The second-order valence-electron chi connectivity index (χ2n) is 10.6. The summed E-state index contributed by atoms with van der Waals surface area (Å²) in [5.41, 5.74) is 1.81. The van der Waals surface area contributed by atoms with Gasteiger partial charge in [-0.1, -0.05) is 51.1 Å². The number of sulfonamides is 1. The lowest BCUT2D eigenvalue weighted by Gasteiger charge is -2.24. The van der Waals surface area contributed by atoms with Gasteiger partial charge in [0.15, 0.2) is 5.75 Å². The minimum Gasteiger partial charge on any atom is -0.492 e. The molecule has 4 rings (SSSR count). The molecule has 0 fully saturated rings. The number of amides is 2. The van der Waals surface area contributed by atoms with Crippen molar-refractivity contribution < 1.29 is 32.2 Å². The zero-order valence-electron chi connectivity index (χ0n) is 24.2. The van der Waals surface area contributed by atoms with Gasteiger partial charge >= 0.3 is 12.0 Å². The van der Waals surface area contributed by atoms with Gasteiger partial charge in [-0.2, -0.15) is 0 Å². The maximum Gasteiger partial charge on any atom is 0.337 e. The van der Waals surface area contributed by atoms with Gasteiger partial charge in [0, 0.05) is 10.8 Å². The second-order valence-corrected chi connectivity index (χ2v) is 12.3.